The molecular formula is C3H2ClN2. The summed E-state index contributed by atoms with van der Waals surface area (Å²) in [5.74, 6) is 0. The molecule has 31 valence electrons. The van der Waals surface area contributed by atoms with Crippen molar-refractivity contribution in [2.75, 3.05) is 0 Å². The van der Waals surface area contributed by atoms with Gasteiger partial charge in [0.1, 0.15) is 5.15 Å². The Morgan fingerprint density at radius 3 is 3.00 bits per heavy atom. The number of H-pyrrole nitrogens is 1. The number of hydrogen-bond donors (Lipinski definition) is 1. The Kier molecular flexibility index (Phi) is 0.801. The van der Waals surface area contributed by atoms with Crippen LogP contribution in [-0.4, -0.2) is 9.97 Å². The van der Waals surface area contributed by atoms with Crippen LogP contribution in [0.5, 0.6) is 0 Å². The van der Waals surface area contributed by atoms with Crippen molar-refractivity contribution in [1.29, 1.82) is 0 Å². The molecule has 0 atom stereocenters. The second-order valence-electron chi connectivity index (χ2n) is 0.835. The maximum absolute atomic E-state index is 5.28. The molecule has 0 aromatic carbocycles. The summed E-state index contributed by atoms with van der Waals surface area (Å²) < 4.78 is 0. The van der Waals surface area contributed by atoms with Crippen molar-refractivity contribution in [1.82, 2.24) is 9.97 Å². The average molecular weight is 102 g/mol. The van der Waals surface area contributed by atoms with Gasteiger partial charge in [0, 0.05) is 6.20 Å². The zero-order valence-corrected chi connectivity index (χ0v) is 3.66. The van der Waals surface area contributed by atoms with Gasteiger partial charge < -0.3 is 4.98 Å². The van der Waals surface area contributed by atoms with E-state index in [-0.39, 0.29) is 0 Å². The fourth-order valence-electron chi connectivity index (χ4n) is 0.210. The lowest BCUT2D eigenvalue weighted by atomic mass is 11.0. The first kappa shape index (κ1) is 3.68. The summed E-state index contributed by atoms with van der Waals surface area (Å²) in [6.07, 6.45) is 3.98. The Labute approximate surface area is 40.2 Å². The number of nitrogens with one attached hydrogen (secondary N) is 1. The summed E-state index contributed by atoms with van der Waals surface area (Å²) in [5.41, 5.74) is 0. The van der Waals surface area contributed by atoms with E-state index in [1.807, 2.05) is 0 Å². The zero-order chi connectivity index (χ0) is 4.41. The van der Waals surface area contributed by atoms with Crippen molar-refractivity contribution in [3.8, 4) is 0 Å². The number of rotatable bonds is 0. The number of nitrogens with zero attached hydrogens (tertiary/aromatic N) is 1. The summed E-state index contributed by atoms with van der Waals surface area (Å²) >= 11 is 5.28. The standard InChI is InChI=1S/C3H2ClN2/c4-3-1-5-2-6-3/h1H,(H,5,6). The second kappa shape index (κ2) is 1.30. The third kappa shape index (κ3) is 0.518. The molecule has 1 radical (unpaired) electrons. The Morgan fingerprint density at radius 1 is 2.00 bits per heavy atom. The summed E-state index contributed by atoms with van der Waals surface area (Å²) in [6, 6.07) is 0. The van der Waals surface area contributed by atoms with Crippen LogP contribution in [0.1, 0.15) is 0 Å². The van der Waals surface area contributed by atoms with Gasteiger partial charge in [-0.05, 0) is 0 Å². The summed E-state index contributed by atoms with van der Waals surface area (Å²) in [7, 11) is 0. The highest BCUT2D eigenvalue weighted by molar-refractivity contribution is 6.29. The van der Waals surface area contributed by atoms with Crippen LogP contribution in [-0.2, 0) is 0 Å². The van der Waals surface area contributed by atoms with E-state index < -0.39 is 0 Å². The Balaban J connectivity index is 3.05. The lowest BCUT2D eigenvalue weighted by Crippen LogP contribution is -1.50. The first-order valence-electron chi connectivity index (χ1n) is 1.46. The molecule has 0 aliphatic rings. The van der Waals surface area contributed by atoms with Gasteiger partial charge in [0.15, 0.2) is 6.33 Å². The molecule has 1 aromatic heterocycles. The van der Waals surface area contributed by atoms with Gasteiger partial charge in [-0.1, -0.05) is 11.6 Å². The van der Waals surface area contributed by atoms with E-state index in [0.717, 1.165) is 0 Å². The Bertz CT molecular complexity index is 112. The highest BCUT2D eigenvalue weighted by Gasteiger charge is 1.79. The van der Waals surface area contributed by atoms with Gasteiger partial charge in [-0.2, -0.15) is 0 Å². The molecule has 1 N–H and O–H groups in total. The lowest BCUT2D eigenvalue weighted by molar-refractivity contribution is 1.29. The van der Waals surface area contributed by atoms with E-state index in [0.29, 0.717) is 5.15 Å². The molecule has 0 amide bonds. The monoisotopic (exact) mass is 101 g/mol. The minimum absolute atomic E-state index is 0.454. The number of aromatic nitrogens is 2. The highest BCUT2D eigenvalue weighted by atomic mass is 35.5. The van der Waals surface area contributed by atoms with Crippen molar-refractivity contribution >= 4 is 11.6 Å². The van der Waals surface area contributed by atoms with Crippen LogP contribution in [0.25, 0.3) is 0 Å². The predicted octanol–water partition coefficient (Wildman–Crippen LogP) is 0.863. The Hall–Kier alpha value is -0.500. The van der Waals surface area contributed by atoms with Crippen molar-refractivity contribution in [2.45, 2.75) is 0 Å². The van der Waals surface area contributed by atoms with Crippen LogP contribution in [0.2, 0.25) is 5.15 Å². The maximum Gasteiger partial charge on any atom is 0.175 e. The van der Waals surface area contributed by atoms with Gasteiger partial charge in [-0.25, -0.2) is 4.98 Å². The first-order valence-corrected chi connectivity index (χ1v) is 1.84. The van der Waals surface area contributed by atoms with Crippen molar-refractivity contribution in [3.63, 3.8) is 0 Å². The molecule has 0 spiro atoms. The molecule has 0 aliphatic heterocycles. The summed E-state index contributed by atoms with van der Waals surface area (Å²) in [4.78, 5) is 6.06. The number of halogens is 1. The highest BCUT2D eigenvalue weighted by Crippen LogP contribution is 1.95. The molecule has 1 heterocycles. The number of imidazole rings is 1. The van der Waals surface area contributed by atoms with Crippen molar-refractivity contribution < 1.29 is 0 Å². The second-order valence-corrected chi connectivity index (χ2v) is 1.22. The molecule has 1 aromatic rings. The average Bonchev–Trinajstić information content (AvgIpc) is 1.86. The summed E-state index contributed by atoms with van der Waals surface area (Å²) in [5, 5.41) is 0.454. The van der Waals surface area contributed by atoms with E-state index in [9.17, 15) is 0 Å². The van der Waals surface area contributed by atoms with E-state index in [2.05, 4.69) is 16.3 Å². The van der Waals surface area contributed by atoms with Gasteiger partial charge >= 0.3 is 0 Å². The quantitative estimate of drug-likeness (QED) is 0.516. The molecule has 2 nitrogen and oxygen atoms in total. The van der Waals surface area contributed by atoms with Crippen LogP contribution < -0.4 is 0 Å². The van der Waals surface area contributed by atoms with Crippen molar-refractivity contribution in [2.24, 2.45) is 0 Å². The molecule has 0 aliphatic carbocycles. The third-order valence-electron chi connectivity index (χ3n) is 0.419. The van der Waals surface area contributed by atoms with E-state index >= 15 is 0 Å². The molecule has 3 heteroatoms. The minimum atomic E-state index is 0.454. The van der Waals surface area contributed by atoms with E-state index in [1.165, 1.54) is 0 Å². The number of aromatic amines is 1. The smallest absolute Gasteiger partial charge is 0.175 e. The van der Waals surface area contributed by atoms with E-state index in [4.69, 9.17) is 11.6 Å². The summed E-state index contributed by atoms with van der Waals surface area (Å²) in [6.45, 7) is 0. The lowest BCUT2D eigenvalue weighted by Gasteiger charge is -1.60. The Morgan fingerprint density at radius 2 is 2.83 bits per heavy atom. The predicted molar refractivity (Wildman–Crippen MR) is 22.4 cm³/mol. The van der Waals surface area contributed by atoms with Gasteiger partial charge in [0.2, 0.25) is 0 Å². The molecule has 0 saturated carbocycles. The SMILES string of the molecule is Clc1c[nH][c]n1. The molecule has 0 unspecified atom stereocenters. The molecule has 0 bridgehead atoms. The first-order chi connectivity index (χ1) is 2.89. The van der Waals surface area contributed by atoms with Gasteiger partial charge in [-0.15, -0.1) is 0 Å². The normalized spacial score (nSPS) is 8.83. The van der Waals surface area contributed by atoms with Crippen LogP contribution in [0.15, 0.2) is 6.20 Å². The van der Waals surface area contributed by atoms with Gasteiger partial charge in [0.25, 0.3) is 0 Å². The zero-order valence-electron chi connectivity index (χ0n) is 2.90. The number of hydrogen-bond acceptors (Lipinski definition) is 1. The van der Waals surface area contributed by atoms with Crippen LogP contribution in [0, 0.1) is 6.33 Å². The van der Waals surface area contributed by atoms with Crippen LogP contribution in [0.4, 0.5) is 0 Å². The largest absolute Gasteiger partial charge is 0.341 e. The molecular weight excluding hydrogens is 99.5 g/mol. The van der Waals surface area contributed by atoms with Crippen LogP contribution >= 0.6 is 11.6 Å². The van der Waals surface area contributed by atoms with Crippen LogP contribution in [0.3, 0.4) is 0 Å². The van der Waals surface area contributed by atoms with E-state index in [1.54, 1.807) is 6.20 Å². The topological polar surface area (TPSA) is 28.7 Å². The maximum atomic E-state index is 5.28. The molecule has 0 fully saturated rings. The van der Waals surface area contributed by atoms with Gasteiger partial charge in [-0.3, -0.25) is 0 Å². The van der Waals surface area contributed by atoms with Crippen molar-refractivity contribution in [3.05, 3.63) is 17.7 Å². The third-order valence-corrected chi connectivity index (χ3v) is 0.612. The fourth-order valence-corrected chi connectivity index (χ4v) is 0.307. The fraction of sp³-hybridized carbons (Fsp3) is 0. The minimum Gasteiger partial charge on any atom is -0.341 e. The molecule has 6 heavy (non-hydrogen) atoms. The van der Waals surface area contributed by atoms with Gasteiger partial charge in [0.05, 0.1) is 0 Å². The molecule has 0 saturated heterocycles. The molecule has 1 rings (SSSR count).